The first-order valence-electron chi connectivity index (χ1n) is 5.55. The lowest BCUT2D eigenvalue weighted by Crippen LogP contribution is -1.99. The van der Waals surface area contributed by atoms with Crippen LogP contribution in [0.1, 0.15) is 0 Å². The van der Waals surface area contributed by atoms with Gasteiger partial charge in [0.05, 0.1) is 6.61 Å². The van der Waals surface area contributed by atoms with E-state index in [-0.39, 0.29) is 0 Å². The first-order valence-corrected chi connectivity index (χ1v) is 6.91. The highest BCUT2D eigenvalue weighted by Gasteiger charge is 2.00. The molecule has 0 unspecified atom stereocenters. The van der Waals surface area contributed by atoms with Gasteiger partial charge < -0.3 is 9.84 Å². The molecule has 0 radical (unpaired) electrons. The van der Waals surface area contributed by atoms with Crippen molar-refractivity contribution in [3.63, 3.8) is 0 Å². The second kappa shape index (κ2) is 6.57. The van der Waals surface area contributed by atoms with Crippen LogP contribution in [0.15, 0.2) is 53.4 Å². The summed E-state index contributed by atoms with van der Waals surface area (Å²) in [5, 5.41) is 10.3. The minimum absolute atomic E-state index is 0.310. The predicted molar refractivity (Wildman–Crippen MR) is 75.8 cm³/mol. The Labute approximate surface area is 116 Å². The van der Waals surface area contributed by atoms with E-state index >= 15 is 0 Å². The van der Waals surface area contributed by atoms with E-state index < -0.39 is 0 Å². The fourth-order valence-electron chi connectivity index (χ4n) is 1.45. The van der Waals surface area contributed by atoms with Crippen LogP contribution in [-0.4, -0.2) is 17.5 Å². The molecule has 18 heavy (non-hydrogen) atoms. The maximum absolute atomic E-state index is 9.58. The summed E-state index contributed by atoms with van der Waals surface area (Å²) in [6.45, 7) is 0.569. The van der Waals surface area contributed by atoms with Crippen LogP contribution < -0.4 is 4.74 Å². The Morgan fingerprint density at radius 3 is 2.72 bits per heavy atom. The average molecular weight is 281 g/mol. The van der Waals surface area contributed by atoms with E-state index in [9.17, 15) is 5.11 Å². The standard InChI is InChI=1S/C14H13ClO2S/c15-11-4-3-5-12(10-11)17-8-9-18-14-7-2-1-6-13(14)16/h1-7,10,16H,8-9H2. The van der Waals surface area contributed by atoms with Gasteiger partial charge in [-0.15, -0.1) is 11.8 Å². The molecule has 2 rings (SSSR count). The molecule has 0 aliphatic rings. The van der Waals surface area contributed by atoms with Gasteiger partial charge >= 0.3 is 0 Å². The molecule has 0 atom stereocenters. The van der Waals surface area contributed by atoms with Crippen molar-refractivity contribution in [2.75, 3.05) is 12.4 Å². The average Bonchev–Trinajstić information content (AvgIpc) is 2.37. The Balaban J connectivity index is 1.78. The summed E-state index contributed by atoms with van der Waals surface area (Å²) in [6.07, 6.45) is 0. The molecule has 2 nitrogen and oxygen atoms in total. The first-order chi connectivity index (χ1) is 8.75. The van der Waals surface area contributed by atoms with E-state index in [0.29, 0.717) is 17.4 Å². The Morgan fingerprint density at radius 1 is 1.11 bits per heavy atom. The van der Waals surface area contributed by atoms with Gasteiger partial charge in [-0.25, -0.2) is 0 Å². The van der Waals surface area contributed by atoms with Crippen molar-refractivity contribution in [2.24, 2.45) is 0 Å². The van der Waals surface area contributed by atoms with Crippen molar-refractivity contribution >= 4 is 23.4 Å². The Kier molecular flexibility index (Phi) is 4.79. The van der Waals surface area contributed by atoms with Gasteiger partial charge in [-0.3, -0.25) is 0 Å². The molecular formula is C14H13ClO2S. The van der Waals surface area contributed by atoms with Gasteiger partial charge in [-0.1, -0.05) is 29.8 Å². The summed E-state index contributed by atoms with van der Waals surface area (Å²) in [5.74, 6) is 1.84. The van der Waals surface area contributed by atoms with Crippen LogP contribution in [0, 0.1) is 0 Å². The van der Waals surface area contributed by atoms with E-state index in [1.165, 1.54) is 0 Å². The lowest BCUT2D eigenvalue weighted by molar-refractivity contribution is 0.344. The summed E-state index contributed by atoms with van der Waals surface area (Å²) in [4.78, 5) is 0.868. The monoisotopic (exact) mass is 280 g/mol. The molecule has 1 N–H and O–H groups in total. The van der Waals surface area contributed by atoms with Crippen LogP contribution in [0.5, 0.6) is 11.5 Å². The lowest BCUT2D eigenvalue weighted by atomic mass is 10.3. The topological polar surface area (TPSA) is 29.5 Å². The second-order valence-electron chi connectivity index (χ2n) is 3.62. The summed E-state index contributed by atoms with van der Waals surface area (Å²) in [6, 6.07) is 14.6. The van der Waals surface area contributed by atoms with E-state index in [1.54, 1.807) is 23.9 Å². The number of aromatic hydroxyl groups is 1. The summed E-state index contributed by atoms with van der Waals surface area (Å²) >= 11 is 7.42. The zero-order valence-electron chi connectivity index (χ0n) is 9.67. The maximum atomic E-state index is 9.58. The lowest BCUT2D eigenvalue weighted by Gasteiger charge is -2.07. The summed E-state index contributed by atoms with van der Waals surface area (Å²) < 4.78 is 5.56. The van der Waals surface area contributed by atoms with E-state index in [4.69, 9.17) is 16.3 Å². The van der Waals surface area contributed by atoms with Crippen LogP contribution in [0.4, 0.5) is 0 Å². The highest BCUT2D eigenvalue weighted by atomic mass is 35.5. The molecule has 0 aliphatic carbocycles. The number of halogens is 1. The van der Waals surface area contributed by atoms with Gasteiger partial charge in [-0.05, 0) is 30.3 Å². The number of phenols is 1. The molecule has 0 heterocycles. The number of rotatable bonds is 5. The number of thioether (sulfide) groups is 1. The molecule has 0 aliphatic heterocycles. The normalized spacial score (nSPS) is 10.3. The molecule has 0 saturated carbocycles. The minimum atomic E-state index is 0.310. The summed E-state index contributed by atoms with van der Waals surface area (Å²) in [5.41, 5.74) is 0. The Bertz CT molecular complexity index is 517. The van der Waals surface area contributed by atoms with Gasteiger partial charge in [0.2, 0.25) is 0 Å². The molecule has 4 heteroatoms. The number of para-hydroxylation sites is 1. The van der Waals surface area contributed by atoms with E-state index in [2.05, 4.69) is 0 Å². The predicted octanol–water partition coefficient (Wildman–Crippen LogP) is 4.22. The number of benzene rings is 2. The quantitative estimate of drug-likeness (QED) is 0.657. The van der Waals surface area contributed by atoms with Crippen molar-refractivity contribution in [1.29, 1.82) is 0 Å². The van der Waals surface area contributed by atoms with E-state index in [0.717, 1.165) is 16.4 Å². The molecule has 0 aromatic heterocycles. The number of hydrogen-bond acceptors (Lipinski definition) is 3. The Hall–Kier alpha value is -1.32. The van der Waals surface area contributed by atoms with Gasteiger partial charge in [0, 0.05) is 15.7 Å². The second-order valence-corrected chi connectivity index (χ2v) is 5.20. The van der Waals surface area contributed by atoms with Gasteiger partial charge in [0.25, 0.3) is 0 Å². The van der Waals surface area contributed by atoms with Gasteiger partial charge in [0.15, 0.2) is 0 Å². The minimum Gasteiger partial charge on any atom is -0.507 e. The SMILES string of the molecule is Oc1ccccc1SCCOc1cccc(Cl)c1. The van der Waals surface area contributed by atoms with Crippen molar-refractivity contribution in [3.8, 4) is 11.5 Å². The molecule has 0 amide bonds. The van der Waals surface area contributed by atoms with Gasteiger partial charge in [0.1, 0.15) is 11.5 Å². The third-order valence-corrected chi connectivity index (χ3v) is 3.53. The molecule has 0 fully saturated rings. The van der Waals surface area contributed by atoms with Gasteiger partial charge in [-0.2, -0.15) is 0 Å². The third-order valence-electron chi connectivity index (χ3n) is 2.27. The third kappa shape index (κ3) is 3.86. The highest BCUT2D eigenvalue weighted by Crippen LogP contribution is 2.27. The van der Waals surface area contributed by atoms with Crippen molar-refractivity contribution in [2.45, 2.75) is 4.90 Å². The maximum Gasteiger partial charge on any atom is 0.129 e. The molecule has 0 saturated heterocycles. The number of phenolic OH excluding ortho intramolecular Hbond substituents is 1. The van der Waals surface area contributed by atoms with Crippen molar-refractivity contribution in [1.82, 2.24) is 0 Å². The summed E-state index contributed by atoms with van der Waals surface area (Å²) in [7, 11) is 0. The van der Waals surface area contributed by atoms with Crippen LogP contribution in [0.3, 0.4) is 0 Å². The van der Waals surface area contributed by atoms with E-state index in [1.807, 2.05) is 36.4 Å². The molecule has 2 aromatic rings. The molecule has 94 valence electrons. The highest BCUT2D eigenvalue weighted by molar-refractivity contribution is 7.99. The first kappa shape index (κ1) is 13.1. The van der Waals surface area contributed by atoms with Crippen molar-refractivity contribution < 1.29 is 9.84 Å². The van der Waals surface area contributed by atoms with Crippen LogP contribution >= 0.6 is 23.4 Å². The molecule has 0 bridgehead atoms. The molecule has 0 spiro atoms. The fraction of sp³-hybridized carbons (Fsp3) is 0.143. The number of ether oxygens (including phenoxy) is 1. The molecule has 2 aromatic carbocycles. The smallest absolute Gasteiger partial charge is 0.129 e. The number of hydrogen-bond donors (Lipinski definition) is 1. The zero-order chi connectivity index (χ0) is 12.8. The fourth-order valence-corrected chi connectivity index (χ4v) is 2.40. The zero-order valence-corrected chi connectivity index (χ0v) is 11.2. The Morgan fingerprint density at radius 2 is 1.94 bits per heavy atom. The largest absolute Gasteiger partial charge is 0.507 e. The van der Waals surface area contributed by atoms with Crippen LogP contribution in [-0.2, 0) is 0 Å². The van der Waals surface area contributed by atoms with Crippen LogP contribution in [0.2, 0.25) is 5.02 Å². The van der Waals surface area contributed by atoms with Crippen molar-refractivity contribution in [3.05, 3.63) is 53.6 Å². The van der Waals surface area contributed by atoms with Crippen LogP contribution in [0.25, 0.3) is 0 Å². The molecular weight excluding hydrogens is 268 g/mol.